The van der Waals surface area contributed by atoms with Crippen molar-refractivity contribution >= 4 is 54.8 Å². The zero-order valence-electron chi connectivity index (χ0n) is 9.61. The van der Waals surface area contributed by atoms with Crippen LogP contribution in [0.3, 0.4) is 0 Å². The number of carbonyl (C=O) groups is 1. The van der Waals surface area contributed by atoms with E-state index in [4.69, 9.17) is 0 Å². The number of thiophene rings is 1. The van der Waals surface area contributed by atoms with Gasteiger partial charge in [0.1, 0.15) is 0 Å². The van der Waals surface area contributed by atoms with E-state index in [9.17, 15) is 4.79 Å². The number of hydrogen-bond acceptors (Lipinski definition) is 2. The molecular formula is C13H11Br2NOS. The highest BCUT2D eigenvalue weighted by atomic mass is 79.9. The highest BCUT2D eigenvalue weighted by molar-refractivity contribution is 9.11. The lowest BCUT2D eigenvalue weighted by atomic mass is 10.1. The zero-order valence-corrected chi connectivity index (χ0v) is 13.6. The van der Waals surface area contributed by atoms with Crippen molar-refractivity contribution in [2.75, 3.05) is 5.32 Å². The molecule has 0 aliphatic carbocycles. The van der Waals surface area contributed by atoms with E-state index < -0.39 is 0 Å². The Hall–Kier alpha value is -0.650. The molecule has 0 fully saturated rings. The van der Waals surface area contributed by atoms with Gasteiger partial charge in [0.05, 0.1) is 9.35 Å². The van der Waals surface area contributed by atoms with Crippen LogP contribution in [0.1, 0.15) is 27.7 Å². The van der Waals surface area contributed by atoms with Gasteiger partial charge >= 0.3 is 0 Å². The molecule has 0 bridgehead atoms. The summed E-state index contributed by atoms with van der Waals surface area (Å²) in [6.45, 7) is 2.03. The van der Waals surface area contributed by atoms with Crippen molar-refractivity contribution in [2.24, 2.45) is 0 Å². The molecule has 2 rings (SSSR count). The number of carbonyl (C=O) groups excluding carboxylic acids is 1. The molecule has 5 heteroatoms. The molecule has 1 aromatic carbocycles. The number of benzene rings is 1. The standard InChI is InChI=1S/C13H11Br2NOS/c1-8(14)10-4-2-3-5-11(10)16-13(17)9-6-12(15)18-7-9/h2-8H,1H3,(H,16,17). The van der Waals surface area contributed by atoms with Crippen molar-refractivity contribution in [2.45, 2.75) is 11.8 Å². The summed E-state index contributed by atoms with van der Waals surface area (Å²) in [7, 11) is 0. The molecule has 1 amide bonds. The molecule has 0 saturated heterocycles. The number of halogens is 2. The summed E-state index contributed by atoms with van der Waals surface area (Å²) in [5.41, 5.74) is 2.58. The van der Waals surface area contributed by atoms with Gasteiger partial charge in [-0.15, -0.1) is 11.3 Å². The van der Waals surface area contributed by atoms with Gasteiger partial charge in [-0.05, 0) is 40.5 Å². The minimum absolute atomic E-state index is 0.0856. The van der Waals surface area contributed by atoms with Gasteiger partial charge in [0.15, 0.2) is 0 Å². The second-order valence-electron chi connectivity index (χ2n) is 3.80. The predicted octanol–water partition coefficient (Wildman–Crippen LogP) is 5.22. The molecule has 1 aromatic heterocycles. The van der Waals surface area contributed by atoms with Gasteiger partial charge in [0.25, 0.3) is 5.91 Å². The van der Waals surface area contributed by atoms with Crippen molar-refractivity contribution in [3.8, 4) is 0 Å². The topological polar surface area (TPSA) is 29.1 Å². The molecule has 2 nitrogen and oxygen atoms in total. The van der Waals surface area contributed by atoms with Crippen molar-refractivity contribution in [1.82, 2.24) is 0 Å². The summed E-state index contributed by atoms with van der Waals surface area (Å²) in [6, 6.07) is 9.60. The largest absolute Gasteiger partial charge is 0.322 e. The van der Waals surface area contributed by atoms with E-state index in [2.05, 4.69) is 37.2 Å². The first-order chi connectivity index (χ1) is 8.58. The van der Waals surface area contributed by atoms with Crippen LogP contribution in [0.4, 0.5) is 5.69 Å². The third-order valence-corrected chi connectivity index (χ3v) is 4.46. The first kappa shape index (κ1) is 13.8. The van der Waals surface area contributed by atoms with Gasteiger partial charge in [0.2, 0.25) is 0 Å². The quantitative estimate of drug-likeness (QED) is 0.717. The van der Waals surface area contributed by atoms with E-state index >= 15 is 0 Å². The van der Waals surface area contributed by atoms with Gasteiger partial charge in [-0.25, -0.2) is 0 Å². The Bertz CT molecular complexity index is 566. The maximum Gasteiger partial charge on any atom is 0.256 e. The van der Waals surface area contributed by atoms with Crippen LogP contribution in [0.2, 0.25) is 0 Å². The number of alkyl halides is 1. The zero-order chi connectivity index (χ0) is 13.1. The van der Waals surface area contributed by atoms with E-state index in [1.807, 2.05) is 42.6 Å². The van der Waals surface area contributed by atoms with Gasteiger partial charge in [0, 0.05) is 15.9 Å². The maximum atomic E-state index is 12.1. The Morgan fingerprint density at radius 2 is 2.11 bits per heavy atom. The van der Waals surface area contributed by atoms with Crippen LogP contribution in [-0.2, 0) is 0 Å². The number of nitrogens with one attached hydrogen (secondary N) is 1. The fraction of sp³-hybridized carbons (Fsp3) is 0.154. The smallest absolute Gasteiger partial charge is 0.256 e. The highest BCUT2D eigenvalue weighted by Gasteiger charge is 2.12. The van der Waals surface area contributed by atoms with Gasteiger partial charge in [-0.1, -0.05) is 34.1 Å². The summed E-state index contributed by atoms with van der Waals surface area (Å²) in [4.78, 5) is 12.3. The van der Waals surface area contributed by atoms with E-state index in [1.54, 1.807) is 0 Å². The van der Waals surface area contributed by atoms with E-state index in [0.29, 0.717) is 5.56 Å². The normalized spacial score (nSPS) is 12.2. The first-order valence-electron chi connectivity index (χ1n) is 5.36. The van der Waals surface area contributed by atoms with E-state index in [-0.39, 0.29) is 10.7 Å². The Balaban J connectivity index is 2.22. The molecule has 1 N–H and O–H groups in total. The minimum atomic E-state index is -0.0856. The summed E-state index contributed by atoms with van der Waals surface area (Å²) < 4.78 is 0.954. The van der Waals surface area contributed by atoms with Crippen molar-refractivity contribution in [1.29, 1.82) is 0 Å². The van der Waals surface area contributed by atoms with Crippen LogP contribution >= 0.6 is 43.2 Å². The maximum absolute atomic E-state index is 12.1. The van der Waals surface area contributed by atoms with Crippen LogP contribution in [-0.4, -0.2) is 5.91 Å². The number of para-hydroxylation sites is 1. The molecular weight excluding hydrogens is 378 g/mol. The SMILES string of the molecule is CC(Br)c1ccccc1NC(=O)c1csc(Br)c1. The number of anilines is 1. The Morgan fingerprint density at radius 3 is 2.72 bits per heavy atom. The van der Waals surface area contributed by atoms with Crippen LogP contribution in [0, 0.1) is 0 Å². The van der Waals surface area contributed by atoms with Gasteiger partial charge in [-0.2, -0.15) is 0 Å². The Morgan fingerprint density at radius 1 is 1.39 bits per heavy atom. The van der Waals surface area contributed by atoms with Crippen molar-refractivity contribution < 1.29 is 4.79 Å². The molecule has 1 atom stereocenters. The van der Waals surface area contributed by atoms with Crippen molar-refractivity contribution in [3.05, 3.63) is 50.6 Å². The van der Waals surface area contributed by atoms with Gasteiger partial charge < -0.3 is 5.32 Å². The van der Waals surface area contributed by atoms with E-state index in [0.717, 1.165) is 15.0 Å². The monoisotopic (exact) mass is 387 g/mol. The number of amides is 1. The molecule has 1 heterocycles. The molecule has 18 heavy (non-hydrogen) atoms. The Kier molecular flexibility index (Phi) is 4.59. The van der Waals surface area contributed by atoms with E-state index in [1.165, 1.54) is 11.3 Å². The molecule has 2 aromatic rings. The fourth-order valence-corrected chi connectivity index (χ4v) is 3.12. The third kappa shape index (κ3) is 3.22. The number of rotatable bonds is 3. The lowest BCUT2D eigenvalue weighted by molar-refractivity contribution is 0.102. The number of hydrogen-bond donors (Lipinski definition) is 1. The highest BCUT2D eigenvalue weighted by Crippen LogP contribution is 2.29. The fourth-order valence-electron chi connectivity index (χ4n) is 1.58. The molecule has 0 aliphatic rings. The second-order valence-corrected chi connectivity index (χ2v) is 7.46. The van der Waals surface area contributed by atoms with Crippen LogP contribution < -0.4 is 5.32 Å². The predicted molar refractivity (Wildman–Crippen MR) is 83.8 cm³/mol. The third-order valence-electron chi connectivity index (χ3n) is 2.47. The van der Waals surface area contributed by atoms with Crippen LogP contribution in [0.25, 0.3) is 0 Å². The molecule has 0 radical (unpaired) electrons. The Labute approximate surface area is 127 Å². The summed E-state index contributed by atoms with van der Waals surface area (Å²) >= 11 is 8.38. The second kappa shape index (κ2) is 5.99. The lowest BCUT2D eigenvalue weighted by Gasteiger charge is -2.12. The summed E-state index contributed by atoms with van der Waals surface area (Å²) in [5, 5.41) is 4.77. The molecule has 0 spiro atoms. The first-order valence-corrected chi connectivity index (χ1v) is 7.95. The lowest BCUT2D eigenvalue weighted by Crippen LogP contribution is -2.12. The van der Waals surface area contributed by atoms with Crippen LogP contribution in [0.5, 0.6) is 0 Å². The minimum Gasteiger partial charge on any atom is -0.322 e. The molecule has 0 aliphatic heterocycles. The molecule has 0 saturated carbocycles. The van der Waals surface area contributed by atoms with Crippen molar-refractivity contribution in [3.63, 3.8) is 0 Å². The summed E-state index contributed by atoms with van der Waals surface area (Å²) in [6.07, 6.45) is 0. The van der Waals surface area contributed by atoms with Crippen LogP contribution in [0.15, 0.2) is 39.5 Å². The average Bonchev–Trinajstić information content (AvgIpc) is 2.76. The summed E-state index contributed by atoms with van der Waals surface area (Å²) in [5.74, 6) is -0.0856. The molecule has 94 valence electrons. The molecule has 1 unspecified atom stereocenters. The average molecular weight is 389 g/mol. The van der Waals surface area contributed by atoms with Gasteiger partial charge in [-0.3, -0.25) is 4.79 Å².